The highest BCUT2D eigenvalue weighted by Crippen LogP contribution is 2.42. The molecule has 0 saturated carbocycles. The minimum atomic E-state index is -5.37. The Morgan fingerprint density at radius 3 is 2.29 bits per heavy atom. The number of rotatable bonds is 2. The predicted octanol–water partition coefficient (Wildman–Crippen LogP) is 0.129. The van der Waals surface area contributed by atoms with Crippen molar-refractivity contribution in [3.63, 3.8) is 0 Å². The summed E-state index contributed by atoms with van der Waals surface area (Å²) in [4.78, 5) is 37.0. The van der Waals surface area contributed by atoms with Crippen LogP contribution in [0.15, 0.2) is 12.3 Å². The van der Waals surface area contributed by atoms with E-state index in [0.717, 1.165) is 12.3 Å². The fraction of sp³-hybridized carbons (Fsp3) is 0.615. The van der Waals surface area contributed by atoms with Crippen LogP contribution in [0.2, 0.25) is 0 Å². The number of fused-ring (bicyclic) bond motifs is 1. The van der Waals surface area contributed by atoms with E-state index >= 15 is 0 Å². The summed E-state index contributed by atoms with van der Waals surface area (Å²) in [6, 6.07) is 0. The maximum Gasteiger partial charge on any atom is 0.471 e. The van der Waals surface area contributed by atoms with E-state index < -0.39 is 55.7 Å². The van der Waals surface area contributed by atoms with Crippen molar-refractivity contribution in [2.24, 2.45) is 5.41 Å². The molecule has 0 aromatic carbocycles. The molecule has 1 fully saturated rings. The molecule has 11 heteroatoms. The average Bonchev–Trinajstić information content (AvgIpc) is 2.40. The van der Waals surface area contributed by atoms with Crippen molar-refractivity contribution in [3.8, 4) is 0 Å². The summed E-state index contributed by atoms with van der Waals surface area (Å²) in [6.07, 6.45) is -3.15. The monoisotopic (exact) mass is 368 g/mol. The van der Waals surface area contributed by atoms with Crippen molar-refractivity contribution in [1.82, 2.24) is 10.2 Å². The van der Waals surface area contributed by atoms with Crippen molar-refractivity contribution in [2.75, 3.05) is 5.75 Å². The second-order valence-electron chi connectivity index (χ2n) is 6.62. The van der Waals surface area contributed by atoms with Gasteiger partial charge in [0.1, 0.15) is 0 Å². The number of halogens is 3. The Bertz CT molecular complexity index is 751. The van der Waals surface area contributed by atoms with Crippen LogP contribution in [0.5, 0.6) is 0 Å². The van der Waals surface area contributed by atoms with E-state index in [1.54, 1.807) is 0 Å². The molecule has 2 rings (SSSR count). The molecule has 0 unspecified atom stereocenters. The molecule has 2 heterocycles. The number of nitrogens with one attached hydrogen (secondary N) is 1. The van der Waals surface area contributed by atoms with Gasteiger partial charge in [-0.15, -0.1) is 0 Å². The fourth-order valence-electron chi connectivity index (χ4n) is 2.75. The molecule has 2 aliphatic heterocycles. The average molecular weight is 368 g/mol. The number of β-lactam (4-membered cyclic amide) rings is 1. The minimum Gasteiger partial charge on any atom is -0.325 e. The Morgan fingerprint density at radius 1 is 1.29 bits per heavy atom. The molecular formula is C13H15F3N2O5S. The number of hydrogen-bond acceptors (Lipinski definition) is 5. The Labute approximate surface area is 135 Å². The quantitative estimate of drug-likeness (QED) is 0.552. The van der Waals surface area contributed by atoms with Crippen molar-refractivity contribution < 1.29 is 36.0 Å². The van der Waals surface area contributed by atoms with Gasteiger partial charge in [-0.2, -0.15) is 13.2 Å². The van der Waals surface area contributed by atoms with E-state index in [1.165, 1.54) is 26.1 Å². The number of sulfone groups is 1. The molecule has 0 spiro atoms. The van der Waals surface area contributed by atoms with Crippen LogP contribution in [-0.4, -0.2) is 53.8 Å². The molecule has 134 valence electrons. The van der Waals surface area contributed by atoms with Crippen LogP contribution >= 0.6 is 0 Å². The van der Waals surface area contributed by atoms with E-state index in [0.29, 0.717) is 4.90 Å². The van der Waals surface area contributed by atoms with Crippen LogP contribution in [-0.2, 0) is 24.2 Å². The maximum atomic E-state index is 12.7. The lowest BCUT2D eigenvalue weighted by molar-refractivity contribution is -0.183. The van der Waals surface area contributed by atoms with Gasteiger partial charge in [0.2, 0.25) is 5.54 Å². The van der Waals surface area contributed by atoms with Gasteiger partial charge in [0, 0.05) is 11.6 Å². The van der Waals surface area contributed by atoms with E-state index in [-0.39, 0.29) is 0 Å². The lowest BCUT2D eigenvalue weighted by Crippen LogP contribution is -2.86. The highest BCUT2D eigenvalue weighted by atomic mass is 32.2. The summed E-state index contributed by atoms with van der Waals surface area (Å²) in [6.45, 7) is 3.95. The zero-order valence-corrected chi connectivity index (χ0v) is 13.8. The summed E-state index contributed by atoms with van der Waals surface area (Å²) < 4.78 is 62.4. The van der Waals surface area contributed by atoms with Crippen LogP contribution < -0.4 is 5.32 Å². The topological polar surface area (TPSA) is 101 Å². The summed E-state index contributed by atoms with van der Waals surface area (Å²) in [5, 5.41) is -0.525. The zero-order valence-electron chi connectivity index (χ0n) is 13.0. The molecule has 2 aliphatic rings. The molecule has 1 N–H and O–H groups in total. The number of nitrogens with zero attached hydrogens (tertiary/aromatic N) is 1. The minimum absolute atomic E-state index is 0.553. The van der Waals surface area contributed by atoms with Crippen LogP contribution in [0.4, 0.5) is 13.2 Å². The SMILES string of the molecule is CC(C)(C)C(=O)[C@]1(NC(=O)C(F)(F)F)C(=O)N2C=CCS(=O)(=O)[C@H]21. The van der Waals surface area contributed by atoms with E-state index in [4.69, 9.17) is 0 Å². The summed E-state index contributed by atoms with van der Waals surface area (Å²) in [5.74, 6) is -5.40. The van der Waals surface area contributed by atoms with Crippen LogP contribution in [0, 0.1) is 5.41 Å². The number of alkyl halides is 3. The molecule has 1 saturated heterocycles. The van der Waals surface area contributed by atoms with Gasteiger partial charge in [0.25, 0.3) is 5.91 Å². The lowest BCUT2D eigenvalue weighted by Gasteiger charge is -2.55. The highest BCUT2D eigenvalue weighted by Gasteiger charge is 2.73. The summed E-state index contributed by atoms with van der Waals surface area (Å²) in [7, 11) is -4.15. The first-order valence-corrected chi connectivity index (χ1v) is 8.52. The second kappa shape index (κ2) is 5.04. The van der Waals surface area contributed by atoms with E-state index in [9.17, 15) is 36.0 Å². The lowest BCUT2D eigenvalue weighted by atomic mass is 9.72. The Kier molecular flexibility index (Phi) is 3.87. The fourth-order valence-corrected chi connectivity index (χ4v) is 4.61. The molecule has 24 heavy (non-hydrogen) atoms. The Balaban J connectivity index is 2.61. The van der Waals surface area contributed by atoms with Crippen molar-refractivity contribution in [3.05, 3.63) is 12.3 Å². The summed E-state index contributed by atoms with van der Waals surface area (Å²) >= 11 is 0. The number of carbonyl (C=O) groups is 3. The van der Waals surface area contributed by atoms with Gasteiger partial charge in [-0.1, -0.05) is 26.8 Å². The van der Waals surface area contributed by atoms with E-state index in [2.05, 4.69) is 0 Å². The number of Topliss-reactive ketones (excluding diaryl/α,β-unsaturated/α-hetero) is 1. The van der Waals surface area contributed by atoms with Gasteiger partial charge in [0.05, 0.1) is 5.75 Å². The standard InChI is InChI=1S/C13H15F3N2O5S/c1-11(2,3)7(19)12(17-8(20)13(14,15)16)9(21)18-5-4-6-24(22,23)10(12)18/h4-5,10H,6H2,1-3H3,(H,17,20)/t10-,12-/m0/s1. The third-order valence-electron chi connectivity index (χ3n) is 3.74. The molecule has 2 amide bonds. The number of carbonyl (C=O) groups excluding carboxylic acids is 3. The molecule has 0 aliphatic carbocycles. The molecular weight excluding hydrogens is 353 g/mol. The van der Waals surface area contributed by atoms with Crippen molar-refractivity contribution in [1.29, 1.82) is 0 Å². The number of ketones is 1. The van der Waals surface area contributed by atoms with E-state index in [1.807, 2.05) is 0 Å². The Hall–Kier alpha value is -1.91. The van der Waals surface area contributed by atoms with Crippen molar-refractivity contribution >= 4 is 27.4 Å². The Morgan fingerprint density at radius 2 is 1.83 bits per heavy atom. The van der Waals surface area contributed by atoms with Crippen molar-refractivity contribution in [2.45, 2.75) is 37.9 Å². The molecule has 0 radical (unpaired) electrons. The number of amides is 2. The molecule has 0 bridgehead atoms. The third kappa shape index (κ3) is 2.50. The van der Waals surface area contributed by atoms with Crippen LogP contribution in [0.1, 0.15) is 20.8 Å². The second-order valence-corrected chi connectivity index (χ2v) is 8.72. The maximum absolute atomic E-state index is 12.7. The first-order chi connectivity index (χ1) is 10.7. The normalized spacial score (nSPS) is 28.8. The molecule has 0 aromatic heterocycles. The molecule has 0 aromatic rings. The van der Waals surface area contributed by atoms with Gasteiger partial charge in [-0.05, 0) is 0 Å². The van der Waals surface area contributed by atoms with Gasteiger partial charge in [-0.3, -0.25) is 19.3 Å². The first-order valence-electron chi connectivity index (χ1n) is 6.81. The van der Waals surface area contributed by atoms with Crippen LogP contribution in [0.3, 0.4) is 0 Å². The van der Waals surface area contributed by atoms with Crippen LogP contribution in [0.25, 0.3) is 0 Å². The van der Waals surface area contributed by atoms with Gasteiger partial charge in [-0.25, -0.2) is 8.42 Å². The largest absolute Gasteiger partial charge is 0.471 e. The molecule has 7 nitrogen and oxygen atoms in total. The van der Waals surface area contributed by atoms with Gasteiger partial charge in [0.15, 0.2) is 21.0 Å². The smallest absolute Gasteiger partial charge is 0.325 e. The highest BCUT2D eigenvalue weighted by molar-refractivity contribution is 7.92. The van der Waals surface area contributed by atoms with Gasteiger partial charge >= 0.3 is 12.1 Å². The molecule has 2 atom stereocenters. The van der Waals surface area contributed by atoms with Gasteiger partial charge < -0.3 is 5.32 Å². The predicted molar refractivity (Wildman–Crippen MR) is 75.0 cm³/mol. The summed E-state index contributed by atoms with van der Waals surface area (Å²) in [5.41, 5.74) is -4.15. The first kappa shape index (κ1) is 18.4. The third-order valence-corrected chi connectivity index (χ3v) is 5.66. The zero-order chi connectivity index (χ0) is 18.7. The number of hydrogen-bond donors (Lipinski definition) is 1.